The second-order valence-corrected chi connectivity index (χ2v) is 7.50. The predicted molar refractivity (Wildman–Crippen MR) is 94.9 cm³/mol. The number of hydrogen-bond acceptors (Lipinski definition) is 7. The van der Waals surface area contributed by atoms with E-state index in [9.17, 15) is 9.90 Å². The lowest BCUT2D eigenvalue weighted by molar-refractivity contribution is -0.138. The van der Waals surface area contributed by atoms with E-state index in [2.05, 4.69) is 15.1 Å². The highest BCUT2D eigenvalue weighted by Gasteiger charge is 2.35. The van der Waals surface area contributed by atoms with Gasteiger partial charge in [-0.15, -0.1) is 10.2 Å². The molecule has 2 aromatic rings. The number of rotatable bonds is 4. The summed E-state index contributed by atoms with van der Waals surface area (Å²) in [5.41, 5.74) is 1.07. The Bertz CT molecular complexity index is 739. The molecule has 1 aromatic carbocycles. The number of aromatic nitrogens is 2. The van der Waals surface area contributed by atoms with Gasteiger partial charge in [-0.3, -0.25) is 9.69 Å². The summed E-state index contributed by atoms with van der Waals surface area (Å²) < 4.78 is 5.74. The van der Waals surface area contributed by atoms with Crippen molar-refractivity contribution in [3.05, 3.63) is 30.3 Å². The molecule has 1 aromatic heterocycles. The Morgan fingerprint density at radius 1 is 1.20 bits per heavy atom. The number of ether oxygens (including phenoxy) is 1. The largest absolute Gasteiger partial charge is 0.480 e. The van der Waals surface area contributed by atoms with Crippen LogP contribution >= 0.6 is 11.3 Å². The van der Waals surface area contributed by atoms with Crippen LogP contribution in [-0.4, -0.2) is 71.6 Å². The molecule has 2 aliphatic heterocycles. The molecule has 25 heavy (non-hydrogen) atoms. The Hall–Kier alpha value is -2.03. The first-order valence-corrected chi connectivity index (χ1v) is 9.18. The molecule has 2 saturated heterocycles. The van der Waals surface area contributed by atoms with Gasteiger partial charge >= 0.3 is 5.97 Å². The highest BCUT2D eigenvalue weighted by atomic mass is 32.1. The van der Waals surface area contributed by atoms with Crippen molar-refractivity contribution < 1.29 is 14.6 Å². The van der Waals surface area contributed by atoms with Crippen molar-refractivity contribution in [2.75, 3.05) is 44.3 Å². The van der Waals surface area contributed by atoms with Crippen molar-refractivity contribution in [1.82, 2.24) is 15.1 Å². The number of aliphatic carboxylic acids is 1. The predicted octanol–water partition coefficient (Wildman–Crippen LogP) is 1.43. The lowest BCUT2D eigenvalue weighted by atomic mass is 10.1. The summed E-state index contributed by atoms with van der Waals surface area (Å²) in [6.07, 6.45) is 0. The molecule has 132 valence electrons. The van der Waals surface area contributed by atoms with E-state index in [1.807, 2.05) is 35.2 Å². The van der Waals surface area contributed by atoms with Gasteiger partial charge in [0, 0.05) is 31.1 Å². The first-order chi connectivity index (χ1) is 12.2. The van der Waals surface area contributed by atoms with E-state index in [1.54, 1.807) is 11.3 Å². The second-order valence-electron chi connectivity index (χ2n) is 6.54. The van der Waals surface area contributed by atoms with Crippen molar-refractivity contribution in [2.24, 2.45) is 5.92 Å². The fraction of sp³-hybridized carbons (Fsp3) is 0.471. The fourth-order valence-electron chi connectivity index (χ4n) is 3.49. The number of carboxylic acids is 1. The van der Waals surface area contributed by atoms with Gasteiger partial charge in [-0.1, -0.05) is 41.7 Å². The smallest absolute Gasteiger partial charge is 0.317 e. The zero-order valence-electron chi connectivity index (χ0n) is 13.7. The molecule has 0 amide bonds. The van der Waals surface area contributed by atoms with Crippen molar-refractivity contribution >= 4 is 22.4 Å². The van der Waals surface area contributed by atoms with E-state index in [4.69, 9.17) is 4.74 Å². The zero-order chi connectivity index (χ0) is 17.2. The van der Waals surface area contributed by atoms with Crippen molar-refractivity contribution in [2.45, 2.75) is 6.04 Å². The van der Waals surface area contributed by atoms with E-state index in [0.29, 0.717) is 19.8 Å². The summed E-state index contributed by atoms with van der Waals surface area (Å²) in [5.74, 6) is -0.516. The van der Waals surface area contributed by atoms with Gasteiger partial charge in [-0.2, -0.15) is 0 Å². The molecule has 2 aliphatic rings. The van der Waals surface area contributed by atoms with Crippen LogP contribution in [0.1, 0.15) is 0 Å². The Labute approximate surface area is 149 Å². The number of carboxylic acid groups (broad SMARTS) is 1. The van der Waals surface area contributed by atoms with Crippen LogP contribution in [0.4, 0.5) is 5.13 Å². The molecule has 3 heterocycles. The van der Waals surface area contributed by atoms with Crippen LogP contribution in [0.25, 0.3) is 10.6 Å². The van der Waals surface area contributed by atoms with Gasteiger partial charge in [0.05, 0.1) is 25.8 Å². The van der Waals surface area contributed by atoms with Gasteiger partial charge in [0.25, 0.3) is 0 Å². The lowest BCUT2D eigenvalue weighted by Crippen LogP contribution is -2.45. The number of nitrogens with zero attached hydrogens (tertiary/aromatic N) is 4. The van der Waals surface area contributed by atoms with Crippen LogP contribution in [0.5, 0.6) is 0 Å². The minimum atomic E-state index is -0.790. The zero-order valence-corrected chi connectivity index (χ0v) is 14.6. The first-order valence-electron chi connectivity index (χ1n) is 8.36. The summed E-state index contributed by atoms with van der Waals surface area (Å²) in [4.78, 5) is 15.4. The van der Waals surface area contributed by atoms with Crippen LogP contribution in [0.3, 0.4) is 0 Å². The molecule has 7 nitrogen and oxygen atoms in total. The van der Waals surface area contributed by atoms with E-state index >= 15 is 0 Å². The number of hydrogen-bond donors (Lipinski definition) is 1. The maximum atomic E-state index is 11.2. The molecule has 0 radical (unpaired) electrons. The molecular formula is C17H20N4O3S. The Balaban J connectivity index is 1.55. The fourth-order valence-corrected chi connectivity index (χ4v) is 4.36. The van der Waals surface area contributed by atoms with Crippen molar-refractivity contribution in [1.29, 1.82) is 0 Å². The monoisotopic (exact) mass is 360 g/mol. The van der Waals surface area contributed by atoms with E-state index in [1.165, 1.54) is 0 Å². The van der Waals surface area contributed by atoms with Crippen molar-refractivity contribution in [3.63, 3.8) is 0 Å². The average molecular weight is 360 g/mol. The number of fused-ring (bicyclic) bond motifs is 3. The van der Waals surface area contributed by atoms with Gasteiger partial charge in [0.2, 0.25) is 5.13 Å². The van der Waals surface area contributed by atoms with E-state index in [0.717, 1.165) is 28.8 Å². The SMILES string of the molecule is O=C(O)CN1C[C@H]2COC[C@@H]1CN(c1nnc(-c3ccccc3)s1)C2. The van der Waals surface area contributed by atoms with Crippen LogP contribution in [0.2, 0.25) is 0 Å². The molecular weight excluding hydrogens is 340 g/mol. The summed E-state index contributed by atoms with van der Waals surface area (Å²) in [6, 6.07) is 10.1. The molecule has 4 rings (SSSR count). The Morgan fingerprint density at radius 2 is 2.04 bits per heavy atom. The third-order valence-corrected chi connectivity index (χ3v) is 5.66. The molecule has 2 atom stereocenters. The standard InChI is InChI=1S/C17H20N4O3S/c22-15(23)9-20-6-12-7-21(8-14(20)11-24-10-12)17-19-18-16(25-17)13-4-2-1-3-5-13/h1-5,12,14H,6-11H2,(H,22,23)/t12-,14+/m1/s1. The van der Waals surface area contributed by atoms with Crippen LogP contribution < -0.4 is 4.90 Å². The van der Waals surface area contributed by atoms with Gasteiger partial charge in [-0.25, -0.2) is 0 Å². The number of benzene rings is 1. The maximum Gasteiger partial charge on any atom is 0.317 e. The molecule has 2 fully saturated rings. The summed E-state index contributed by atoms with van der Waals surface area (Å²) in [7, 11) is 0. The second kappa shape index (κ2) is 7.07. The van der Waals surface area contributed by atoms with Crippen molar-refractivity contribution in [3.8, 4) is 10.6 Å². The first kappa shape index (κ1) is 16.4. The third kappa shape index (κ3) is 3.65. The molecule has 2 bridgehead atoms. The summed E-state index contributed by atoms with van der Waals surface area (Å²) in [6.45, 7) is 3.56. The molecule has 0 aliphatic carbocycles. The lowest BCUT2D eigenvalue weighted by Gasteiger charge is -2.30. The molecule has 8 heteroatoms. The molecule has 0 unspecified atom stereocenters. The minimum absolute atomic E-state index is 0.0593. The molecule has 0 spiro atoms. The number of carbonyl (C=O) groups is 1. The Kier molecular flexibility index (Phi) is 4.65. The molecule has 1 N–H and O–H groups in total. The van der Waals surface area contributed by atoms with E-state index in [-0.39, 0.29) is 18.5 Å². The van der Waals surface area contributed by atoms with Gasteiger partial charge in [0.15, 0.2) is 0 Å². The highest BCUT2D eigenvalue weighted by molar-refractivity contribution is 7.18. The van der Waals surface area contributed by atoms with Crippen LogP contribution in [-0.2, 0) is 9.53 Å². The normalized spacial score (nSPS) is 24.1. The van der Waals surface area contributed by atoms with Gasteiger partial charge in [-0.05, 0) is 0 Å². The highest BCUT2D eigenvalue weighted by Crippen LogP contribution is 2.31. The molecule has 0 saturated carbocycles. The minimum Gasteiger partial charge on any atom is -0.480 e. The maximum absolute atomic E-state index is 11.2. The van der Waals surface area contributed by atoms with Crippen LogP contribution in [0, 0.1) is 5.92 Å². The quantitative estimate of drug-likeness (QED) is 0.883. The van der Waals surface area contributed by atoms with Crippen LogP contribution in [0.15, 0.2) is 30.3 Å². The van der Waals surface area contributed by atoms with Gasteiger partial charge < -0.3 is 14.7 Å². The average Bonchev–Trinajstić information content (AvgIpc) is 2.92. The number of anilines is 1. The Morgan fingerprint density at radius 3 is 2.84 bits per heavy atom. The van der Waals surface area contributed by atoms with E-state index < -0.39 is 5.97 Å². The van der Waals surface area contributed by atoms with Gasteiger partial charge in [0.1, 0.15) is 5.01 Å². The third-order valence-electron chi connectivity index (χ3n) is 4.63. The summed E-state index contributed by atoms with van der Waals surface area (Å²) >= 11 is 1.58. The summed E-state index contributed by atoms with van der Waals surface area (Å²) in [5, 5.41) is 19.7. The topological polar surface area (TPSA) is 78.8 Å².